The number of hydrogen-bond donors (Lipinski definition) is 1. The molecule has 0 aliphatic rings. The normalized spacial score (nSPS) is 7.20. The van der Waals surface area contributed by atoms with Crippen LogP contribution in [0.2, 0.25) is 0 Å². The Morgan fingerprint density at radius 3 is 2.50 bits per heavy atom. The van der Waals surface area contributed by atoms with E-state index in [1.807, 2.05) is 0 Å². The molecule has 0 atom stereocenters. The van der Waals surface area contributed by atoms with E-state index in [1.165, 1.54) is 12.5 Å². The van der Waals surface area contributed by atoms with Gasteiger partial charge in [-0.25, -0.2) is 0 Å². The predicted octanol–water partition coefficient (Wildman–Crippen LogP) is -2.03. The molecular weight excluding hydrogens is 136 g/mol. The Morgan fingerprint density at radius 2 is 2.30 bits per heavy atom. The zero-order valence-corrected chi connectivity index (χ0v) is 5.04. The summed E-state index contributed by atoms with van der Waals surface area (Å²) >= 11 is 0. The number of carboxylic acid groups (broad SMARTS) is 1. The van der Waals surface area contributed by atoms with Gasteiger partial charge >= 0.3 is 6.33 Å². The van der Waals surface area contributed by atoms with Crippen LogP contribution in [0.25, 0.3) is 0 Å². The van der Waals surface area contributed by atoms with E-state index in [9.17, 15) is 0 Å². The summed E-state index contributed by atoms with van der Waals surface area (Å²) in [4.78, 5) is 11.8. The van der Waals surface area contributed by atoms with Crippen LogP contribution in [-0.2, 0) is 4.79 Å². The van der Waals surface area contributed by atoms with Crippen molar-refractivity contribution in [1.82, 2.24) is 4.98 Å². The van der Waals surface area contributed by atoms with Crippen LogP contribution in [-0.4, -0.2) is 16.7 Å². The standard InChI is InChI=1S/C4H5N2O.CH2O2/c7-6-3-1-2-5-4-6;2-1-3/h1-4,7H;1H,(H,2,3)/q+1;/p-1. The van der Waals surface area contributed by atoms with Gasteiger partial charge in [0, 0.05) is 12.5 Å². The minimum absolute atomic E-state index is 0.500. The molecule has 0 amide bonds. The Labute approximate surface area is 57.2 Å². The summed E-state index contributed by atoms with van der Waals surface area (Å²) < 4.78 is 0.889. The fourth-order valence-corrected chi connectivity index (χ4v) is 0.322. The second-order valence-electron chi connectivity index (χ2n) is 1.23. The van der Waals surface area contributed by atoms with Crippen LogP contribution in [0.1, 0.15) is 0 Å². The van der Waals surface area contributed by atoms with E-state index in [2.05, 4.69) is 4.98 Å². The fraction of sp³-hybridized carbons (Fsp3) is 0. The van der Waals surface area contributed by atoms with E-state index in [-0.39, 0.29) is 0 Å². The van der Waals surface area contributed by atoms with Gasteiger partial charge in [-0.05, 0) is 0 Å². The third-order valence-electron chi connectivity index (χ3n) is 0.596. The van der Waals surface area contributed by atoms with Crippen molar-refractivity contribution in [2.45, 2.75) is 0 Å². The molecule has 0 fully saturated rings. The monoisotopic (exact) mass is 142 g/mol. The molecule has 0 aliphatic heterocycles. The van der Waals surface area contributed by atoms with Gasteiger partial charge in [-0.3, -0.25) is 0 Å². The average molecular weight is 142 g/mol. The highest BCUT2D eigenvalue weighted by Crippen LogP contribution is 1.63. The molecule has 1 rings (SSSR count). The molecule has 0 spiro atoms. The van der Waals surface area contributed by atoms with E-state index in [0.29, 0.717) is 0 Å². The minimum atomic E-state index is -0.500. The molecular formula is C5H6N2O3. The highest BCUT2D eigenvalue weighted by molar-refractivity contribution is 5.29. The number of carbonyl (C=O) groups excluding carboxylic acids is 1. The van der Waals surface area contributed by atoms with Gasteiger partial charge in [0.15, 0.2) is 0 Å². The fourth-order valence-electron chi connectivity index (χ4n) is 0.322. The van der Waals surface area contributed by atoms with E-state index >= 15 is 0 Å². The quantitative estimate of drug-likeness (QED) is 0.257. The molecule has 0 unspecified atom stereocenters. The number of nitrogens with zero attached hydrogens (tertiary/aromatic N) is 2. The molecule has 10 heavy (non-hydrogen) atoms. The SMILES string of the molecule is O=C[O-].O[n+]1cccnc1. The smallest absolute Gasteiger partial charge is 0.324 e. The van der Waals surface area contributed by atoms with Crippen LogP contribution in [0, 0.1) is 0 Å². The summed E-state index contributed by atoms with van der Waals surface area (Å²) in [7, 11) is 0. The highest BCUT2D eigenvalue weighted by atomic mass is 16.5. The molecule has 0 bridgehead atoms. The van der Waals surface area contributed by atoms with Crippen LogP contribution < -0.4 is 9.84 Å². The first-order valence-electron chi connectivity index (χ1n) is 2.37. The summed E-state index contributed by atoms with van der Waals surface area (Å²) in [6.45, 7) is -0.500. The summed E-state index contributed by atoms with van der Waals surface area (Å²) in [6.07, 6.45) is 4.39. The van der Waals surface area contributed by atoms with Crippen molar-refractivity contribution < 1.29 is 19.8 Å². The van der Waals surface area contributed by atoms with Gasteiger partial charge in [0.05, 0.1) is 0 Å². The van der Waals surface area contributed by atoms with Gasteiger partial charge in [0.1, 0.15) is 12.4 Å². The van der Waals surface area contributed by atoms with Gasteiger partial charge in [-0.1, -0.05) is 9.71 Å². The predicted molar refractivity (Wildman–Crippen MR) is 27.7 cm³/mol. The topological polar surface area (TPSA) is 77.1 Å². The molecule has 1 aromatic rings. The lowest BCUT2D eigenvalue weighted by atomic mass is 10.7. The molecule has 0 radical (unpaired) electrons. The minimum Gasteiger partial charge on any atom is -0.554 e. The van der Waals surface area contributed by atoms with Crippen LogP contribution in [0.15, 0.2) is 24.8 Å². The second-order valence-corrected chi connectivity index (χ2v) is 1.23. The number of rotatable bonds is 0. The second kappa shape index (κ2) is 5.49. The molecule has 1 N–H and O–H groups in total. The van der Waals surface area contributed by atoms with Gasteiger partial charge in [0.2, 0.25) is 0 Å². The van der Waals surface area contributed by atoms with Gasteiger partial charge in [-0.2, -0.15) is 0 Å². The largest absolute Gasteiger partial charge is 0.554 e. The molecule has 0 saturated heterocycles. The van der Waals surface area contributed by atoms with Crippen molar-refractivity contribution in [2.24, 2.45) is 0 Å². The first kappa shape index (κ1) is 8.35. The average Bonchev–Trinajstić information content (AvgIpc) is 1.91. The summed E-state index contributed by atoms with van der Waals surface area (Å²) in [5.41, 5.74) is 0. The van der Waals surface area contributed by atoms with Crippen LogP contribution in [0.5, 0.6) is 0 Å². The van der Waals surface area contributed by atoms with Gasteiger partial charge < -0.3 is 15.1 Å². The summed E-state index contributed by atoms with van der Waals surface area (Å²) in [6, 6.07) is 1.64. The van der Waals surface area contributed by atoms with Crippen molar-refractivity contribution in [1.29, 1.82) is 0 Å². The Balaban J connectivity index is 0.000000236. The number of hydrogen-bond acceptors (Lipinski definition) is 4. The third-order valence-corrected chi connectivity index (χ3v) is 0.596. The first-order chi connectivity index (χ1) is 4.81. The summed E-state index contributed by atoms with van der Waals surface area (Å²) in [5, 5.41) is 16.7. The first-order valence-corrected chi connectivity index (χ1v) is 2.37. The Hall–Kier alpha value is -1.65. The number of aromatic nitrogens is 2. The molecule has 5 nitrogen and oxygen atoms in total. The molecule has 0 aliphatic carbocycles. The Morgan fingerprint density at radius 1 is 1.70 bits per heavy atom. The summed E-state index contributed by atoms with van der Waals surface area (Å²) in [5.74, 6) is 0. The molecule has 0 aromatic carbocycles. The lowest BCUT2D eigenvalue weighted by molar-refractivity contribution is -0.906. The van der Waals surface area contributed by atoms with Crippen LogP contribution in [0.3, 0.4) is 0 Å². The maximum atomic E-state index is 8.49. The van der Waals surface area contributed by atoms with Crippen molar-refractivity contribution in [3.8, 4) is 0 Å². The van der Waals surface area contributed by atoms with Crippen LogP contribution >= 0.6 is 0 Å². The molecule has 5 heteroatoms. The third kappa shape index (κ3) is 4.51. The van der Waals surface area contributed by atoms with Crippen LogP contribution in [0.4, 0.5) is 0 Å². The zero-order valence-electron chi connectivity index (χ0n) is 5.04. The Bertz CT molecular complexity index is 178. The Kier molecular flexibility index (Phi) is 4.58. The van der Waals surface area contributed by atoms with Crippen molar-refractivity contribution in [2.75, 3.05) is 0 Å². The van der Waals surface area contributed by atoms with E-state index in [1.54, 1.807) is 12.3 Å². The highest BCUT2D eigenvalue weighted by Gasteiger charge is 1.82. The van der Waals surface area contributed by atoms with E-state index < -0.39 is 6.47 Å². The molecule has 54 valence electrons. The van der Waals surface area contributed by atoms with E-state index in [0.717, 1.165) is 4.73 Å². The van der Waals surface area contributed by atoms with Crippen molar-refractivity contribution in [3.63, 3.8) is 0 Å². The maximum Gasteiger partial charge on any atom is 0.324 e. The van der Waals surface area contributed by atoms with Gasteiger partial charge in [-0.15, -0.1) is 0 Å². The molecule has 1 heterocycles. The molecule has 0 saturated carbocycles. The zero-order chi connectivity index (χ0) is 7.82. The number of carbonyl (C=O) groups is 1. The van der Waals surface area contributed by atoms with E-state index in [4.69, 9.17) is 15.1 Å². The van der Waals surface area contributed by atoms with Crippen molar-refractivity contribution in [3.05, 3.63) is 24.8 Å². The lowest BCUT2D eigenvalue weighted by Crippen LogP contribution is -2.28. The van der Waals surface area contributed by atoms with Gasteiger partial charge in [0.25, 0.3) is 0 Å². The van der Waals surface area contributed by atoms with Crippen molar-refractivity contribution >= 4 is 6.47 Å². The maximum absolute atomic E-state index is 8.49. The molecule has 1 aromatic heterocycles. The lowest BCUT2D eigenvalue weighted by Gasteiger charge is -1.76.